The number of allylic oxidation sites excluding steroid dienone is 1. The van der Waals surface area contributed by atoms with Crippen molar-refractivity contribution in [1.82, 2.24) is 4.98 Å². The monoisotopic (exact) mass is 227 g/mol. The Balaban J connectivity index is 2.25. The number of nitriles is 1. The molecule has 0 amide bonds. The Bertz CT molecular complexity index is 483. The molecule has 0 spiro atoms. The minimum absolute atomic E-state index is 0.438. The van der Waals surface area contributed by atoms with E-state index in [1.165, 1.54) is 0 Å². The summed E-state index contributed by atoms with van der Waals surface area (Å²) in [6, 6.07) is 4.64. The van der Waals surface area contributed by atoms with Crippen molar-refractivity contribution in [1.29, 1.82) is 5.26 Å². The molecule has 0 saturated carbocycles. The van der Waals surface area contributed by atoms with Gasteiger partial charge in [-0.2, -0.15) is 5.26 Å². The van der Waals surface area contributed by atoms with Crippen LogP contribution in [0.5, 0.6) is 0 Å². The Kier molecular flexibility index (Phi) is 3.43. The van der Waals surface area contributed by atoms with Gasteiger partial charge in [-0.25, -0.2) is 0 Å². The largest absolute Gasteiger partial charge is 0.381 e. The molecule has 0 aromatic carbocycles. The Morgan fingerprint density at radius 2 is 2.24 bits per heavy atom. The van der Waals surface area contributed by atoms with Crippen LogP contribution in [0.15, 0.2) is 18.2 Å². The summed E-state index contributed by atoms with van der Waals surface area (Å²) in [6.07, 6.45) is 7.69. The zero-order valence-electron chi connectivity index (χ0n) is 10.3. The maximum atomic E-state index is 9.18. The van der Waals surface area contributed by atoms with Crippen LogP contribution in [0.2, 0.25) is 0 Å². The third-order valence-electron chi connectivity index (χ3n) is 3.07. The van der Waals surface area contributed by atoms with Crippen LogP contribution in [0.4, 0.5) is 5.69 Å². The number of nitrogens with one attached hydrogen (secondary N) is 1. The van der Waals surface area contributed by atoms with Gasteiger partial charge in [0.2, 0.25) is 0 Å². The molecule has 1 aromatic rings. The van der Waals surface area contributed by atoms with Crippen molar-refractivity contribution in [3.8, 4) is 6.07 Å². The van der Waals surface area contributed by atoms with E-state index in [0.717, 1.165) is 36.3 Å². The number of anilines is 1. The lowest BCUT2D eigenvalue weighted by Crippen LogP contribution is -2.21. The Hall–Kier alpha value is -1.82. The molecule has 0 bridgehead atoms. The second-order valence-corrected chi connectivity index (χ2v) is 4.51. The van der Waals surface area contributed by atoms with Crippen LogP contribution < -0.4 is 5.32 Å². The molecule has 2 rings (SSSR count). The molecule has 0 radical (unpaired) electrons. The summed E-state index contributed by atoms with van der Waals surface area (Å²) in [5, 5.41) is 12.6. The molecule has 0 fully saturated rings. The molecule has 1 atom stereocenters. The topological polar surface area (TPSA) is 48.7 Å². The molecule has 0 aliphatic heterocycles. The zero-order chi connectivity index (χ0) is 12.3. The fourth-order valence-electron chi connectivity index (χ4n) is 2.23. The number of hydrogen-bond donors (Lipinski definition) is 1. The second-order valence-electron chi connectivity index (χ2n) is 4.51. The molecule has 1 heterocycles. The minimum atomic E-state index is 0.438. The third kappa shape index (κ3) is 2.65. The molecule has 1 unspecified atom stereocenters. The molecule has 1 aromatic heterocycles. The van der Waals surface area contributed by atoms with Crippen LogP contribution in [-0.4, -0.2) is 11.0 Å². The van der Waals surface area contributed by atoms with Crippen molar-refractivity contribution in [2.45, 2.75) is 39.2 Å². The van der Waals surface area contributed by atoms with Crippen LogP contribution in [-0.2, 0) is 0 Å². The van der Waals surface area contributed by atoms with E-state index in [4.69, 9.17) is 0 Å². The highest BCUT2D eigenvalue weighted by molar-refractivity contribution is 5.60. The number of aryl methyl sites for hydroxylation is 2. The summed E-state index contributed by atoms with van der Waals surface area (Å²) in [7, 11) is 0. The van der Waals surface area contributed by atoms with Gasteiger partial charge < -0.3 is 5.32 Å². The normalized spacial score (nSPS) is 18.8. The number of pyridine rings is 1. The summed E-state index contributed by atoms with van der Waals surface area (Å²) < 4.78 is 0. The number of aromatic nitrogens is 1. The number of nitrogens with zero attached hydrogens (tertiary/aromatic N) is 2. The van der Waals surface area contributed by atoms with E-state index < -0.39 is 0 Å². The minimum Gasteiger partial charge on any atom is -0.381 e. The maximum absolute atomic E-state index is 9.18. The van der Waals surface area contributed by atoms with Gasteiger partial charge >= 0.3 is 0 Å². The van der Waals surface area contributed by atoms with Gasteiger partial charge in [-0.15, -0.1) is 0 Å². The van der Waals surface area contributed by atoms with E-state index >= 15 is 0 Å². The van der Waals surface area contributed by atoms with Crippen molar-refractivity contribution in [3.63, 3.8) is 0 Å². The fraction of sp³-hybridized carbons (Fsp3) is 0.429. The van der Waals surface area contributed by atoms with Crippen molar-refractivity contribution < 1.29 is 0 Å². The highest BCUT2D eigenvalue weighted by Gasteiger charge is 2.13. The first-order valence-corrected chi connectivity index (χ1v) is 6.00. The first-order valence-electron chi connectivity index (χ1n) is 6.00. The molecule has 1 aliphatic rings. The fourth-order valence-corrected chi connectivity index (χ4v) is 2.23. The molecule has 1 aliphatic carbocycles. The lowest BCUT2D eigenvalue weighted by atomic mass is 10.0. The number of rotatable bonds is 2. The lowest BCUT2D eigenvalue weighted by Gasteiger charge is -2.21. The van der Waals surface area contributed by atoms with Gasteiger partial charge in [0.05, 0.1) is 16.9 Å². The average Bonchev–Trinajstić information content (AvgIpc) is 2.30. The Morgan fingerprint density at radius 1 is 1.41 bits per heavy atom. The third-order valence-corrected chi connectivity index (χ3v) is 3.07. The van der Waals surface area contributed by atoms with Crippen molar-refractivity contribution in [2.24, 2.45) is 0 Å². The molecule has 3 nitrogen and oxygen atoms in total. The van der Waals surface area contributed by atoms with Gasteiger partial charge in [0.1, 0.15) is 6.07 Å². The van der Waals surface area contributed by atoms with E-state index in [2.05, 4.69) is 28.5 Å². The van der Waals surface area contributed by atoms with Gasteiger partial charge in [0, 0.05) is 11.7 Å². The summed E-state index contributed by atoms with van der Waals surface area (Å²) >= 11 is 0. The molecular formula is C14H17N3. The van der Waals surface area contributed by atoms with Crippen LogP contribution in [0.25, 0.3) is 0 Å². The molecular weight excluding hydrogens is 210 g/mol. The van der Waals surface area contributed by atoms with Gasteiger partial charge in [-0.3, -0.25) is 4.98 Å². The summed E-state index contributed by atoms with van der Waals surface area (Å²) in [5.41, 5.74) is 3.36. The molecule has 0 saturated heterocycles. The predicted molar refractivity (Wildman–Crippen MR) is 68.8 cm³/mol. The number of hydrogen-bond acceptors (Lipinski definition) is 3. The van der Waals surface area contributed by atoms with Crippen LogP contribution >= 0.6 is 0 Å². The van der Waals surface area contributed by atoms with Gasteiger partial charge in [-0.05, 0) is 39.2 Å². The van der Waals surface area contributed by atoms with Crippen molar-refractivity contribution in [2.75, 3.05) is 5.32 Å². The molecule has 1 N–H and O–H groups in total. The lowest BCUT2D eigenvalue weighted by molar-refractivity contribution is 0.644. The van der Waals surface area contributed by atoms with E-state index in [1.54, 1.807) is 0 Å². The van der Waals surface area contributed by atoms with E-state index in [-0.39, 0.29) is 0 Å². The van der Waals surface area contributed by atoms with Crippen molar-refractivity contribution >= 4 is 5.69 Å². The summed E-state index contributed by atoms with van der Waals surface area (Å²) in [5.74, 6) is 0. The van der Waals surface area contributed by atoms with Crippen molar-refractivity contribution in [3.05, 3.63) is 35.2 Å². The SMILES string of the molecule is Cc1cc(NC2CC=CCC2)c(C#N)c(C)n1. The van der Waals surface area contributed by atoms with Gasteiger partial charge in [0.15, 0.2) is 0 Å². The first kappa shape index (κ1) is 11.7. The van der Waals surface area contributed by atoms with Gasteiger partial charge in [-0.1, -0.05) is 12.2 Å². The molecule has 88 valence electrons. The van der Waals surface area contributed by atoms with Crippen LogP contribution in [0.1, 0.15) is 36.2 Å². The van der Waals surface area contributed by atoms with Crippen LogP contribution in [0.3, 0.4) is 0 Å². The second kappa shape index (κ2) is 5.01. The highest BCUT2D eigenvalue weighted by atomic mass is 14.9. The van der Waals surface area contributed by atoms with E-state index in [9.17, 15) is 5.26 Å². The quantitative estimate of drug-likeness (QED) is 0.790. The smallest absolute Gasteiger partial charge is 0.103 e. The first-order chi connectivity index (χ1) is 8.20. The average molecular weight is 227 g/mol. The van der Waals surface area contributed by atoms with E-state index in [0.29, 0.717) is 11.6 Å². The predicted octanol–water partition coefficient (Wildman–Crippen LogP) is 3.09. The Morgan fingerprint density at radius 3 is 2.88 bits per heavy atom. The van der Waals surface area contributed by atoms with Gasteiger partial charge in [0.25, 0.3) is 0 Å². The standard InChI is InChI=1S/C14H17N3/c1-10-8-14(13(9-15)11(2)16-10)17-12-6-4-3-5-7-12/h3-4,8,12H,5-7H2,1-2H3,(H,16,17). The zero-order valence-corrected chi connectivity index (χ0v) is 10.3. The highest BCUT2D eigenvalue weighted by Crippen LogP contribution is 2.22. The summed E-state index contributed by atoms with van der Waals surface area (Å²) in [4.78, 5) is 4.32. The van der Waals surface area contributed by atoms with E-state index in [1.807, 2.05) is 19.9 Å². The maximum Gasteiger partial charge on any atom is 0.103 e. The molecule has 17 heavy (non-hydrogen) atoms. The molecule has 3 heteroatoms. The summed E-state index contributed by atoms with van der Waals surface area (Å²) in [6.45, 7) is 3.84. The van der Waals surface area contributed by atoms with Crippen LogP contribution in [0, 0.1) is 25.2 Å². The Labute approximate surface area is 102 Å².